The predicted octanol–water partition coefficient (Wildman–Crippen LogP) is 2.00. The van der Waals surface area contributed by atoms with Crippen LogP contribution in [-0.4, -0.2) is 29.3 Å². The lowest BCUT2D eigenvalue weighted by molar-refractivity contribution is -0.385. The number of benzene rings is 1. The van der Waals surface area contributed by atoms with Crippen molar-refractivity contribution < 1.29 is 14.8 Å². The van der Waals surface area contributed by atoms with Crippen molar-refractivity contribution in [3.63, 3.8) is 0 Å². The highest BCUT2D eigenvalue weighted by molar-refractivity contribution is 5.48. The molecular formula is C14H20N2O4. The molecule has 0 atom stereocenters. The highest BCUT2D eigenvalue weighted by Gasteiger charge is 2.32. The summed E-state index contributed by atoms with van der Waals surface area (Å²) in [6.07, 6.45) is 4.18. The van der Waals surface area contributed by atoms with Crippen LogP contribution in [0.2, 0.25) is 0 Å². The minimum absolute atomic E-state index is 0.0333. The van der Waals surface area contributed by atoms with Gasteiger partial charge in [0, 0.05) is 18.2 Å². The van der Waals surface area contributed by atoms with E-state index >= 15 is 0 Å². The molecular weight excluding hydrogens is 260 g/mol. The van der Waals surface area contributed by atoms with Crippen LogP contribution in [0.3, 0.4) is 0 Å². The largest absolute Gasteiger partial charge is 0.490 e. The molecule has 1 fully saturated rings. The van der Waals surface area contributed by atoms with Gasteiger partial charge in [0.25, 0.3) is 0 Å². The van der Waals surface area contributed by atoms with Crippen LogP contribution < -0.4 is 10.1 Å². The number of aliphatic hydroxyl groups excluding tert-OH is 1. The number of hydrogen-bond acceptors (Lipinski definition) is 5. The average molecular weight is 280 g/mol. The molecule has 2 N–H and O–H groups in total. The molecule has 2 rings (SSSR count). The van der Waals surface area contributed by atoms with Gasteiger partial charge in [0.15, 0.2) is 5.75 Å². The van der Waals surface area contributed by atoms with Gasteiger partial charge in [-0.25, -0.2) is 0 Å². The van der Waals surface area contributed by atoms with Crippen LogP contribution in [0.25, 0.3) is 0 Å². The third kappa shape index (κ3) is 3.08. The second-order valence-corrected chi connectivity index (χ2v) is 5.26. The first kappa shape index (κ1) is 14.7. The second-order valence-electron chi connectivity index (χ2n) is 5.26. The highest BCUT2D eigenvalue weighted by Crippen LogP contribution is 2.31. The maximum atomic E-state index is 10.8. The first-order valence-electron chi connectivity index (χ1n) is 6.77. The Morgan fingerprint density at radius 2 is 2.15 bits per heavy atom. The lowest BCUT2D eigenvalue weighted by atomic mass is 9.98. The number of aliphatic hydroxyl groups is 1. The van der Waals surface area contributed by atoms with E-state index in [1.807, 2.05) is 0 Å². The summed E-state index contributed by atoms with van der Waals surface area (Å²) in [6.45, 7) is 0.687. The molecule has 1 aromatic rings. The van der Waals surface area contributed by atoms with Gasteiger partial charge in [-0.3, -0.25) is 10.1 Å². The van der Waals surface area contributed by atoms with E-state index in [-0.39, 0.29) is 23.6 Å². The molecule has 0 radical (unpaired) electrons. The van der Waals surface area contributed by atoms with Crippen molar-refractivity contribution in [3.05, 3.63) is 33.9 Å². The molecule has 1 aromatic carbocycles. The minimum Gasteiger partial charge on any atom is -0.490 e. The quantitative estimate of drug-likeness (QED) is 0.615. The summed E-state index contributed by atoms with van der Waals surface area (Å²) < 4.78 is 5.05. The van der Waals surface area contributed by atoms with Gasteiger partial charge in [-0.15, -0.1) is 0 Å². The fraction of sp³-hybridized carbons (Fsp3) is 0.571. The third-order valence-corrected chi connectivity index (χ3v) is 3.97. The Morgan fingerprint density at radius 3 is 2.70 bits per heavy atom. The molecule has 1 aliphatic carbocycles. The van der Waals surface area contributed by atoms with E-state index in [0.29, 0.717) is 6.54 Å². The van der Waals surface area contributed by atoms with Gasteiger partial charge in [0.05, 0.1) is 18.6 Å². The number of nitro benzene ring substituents is 1. The summed E-state index contributed by atoms with van der Waals surface area (Å²) in [5.41, 5.74) is 0.677. The first-order chi connectivity index (χ1) is 9.60. The Labute approximate surface area is 117 Å². The fourth-order valence-electron chi connectivity index (χ4n) is 2.71. The molecule has 0 heterocycles. The first-order valence-corrected chi connectivity index (χ1v) is 6.77. The average Bonchev–Trinajstić information content (AvgIpc) is 2.94. The Balaban J connectivity index is 2.08. The summed E-state index contributed by atoms with van der Waals surface area (Å²) in [4.78, 5) is 10.4. The number of nitrogens with one attached hydrogen (secondary N) is 1. The predicted molar refractivity (Wildman–Crippen MR) is 74.8 cm³/mol. The van der Waals surface area contributed by atoms with Gasteiger partial charge in [-0.2, -0.15) is 0 Å². The topological polar surface area (TPSA) is 84.6 Å². The fourth-order valence-corrected chi connectivity index (χ4v) is 2.71. The maximum Gasteiger partial charge on any atom is 0.310 e. The highest BCUT2D eigenvalue weighted by atomic mass is 16.6. The summed E-state index contributed by atoms with van der Waals surface area (Å²) in [5.74, 6) is 0.263. The molecule has 0 unspecified atom stereocenters. The van der Waals surface area contributed by atoms with Crippen molar-refractivity contribution in [1.82, 2.24) is 5.32 Å². The van der Waals surface area contributed by atoms with Gasteiger partial charge < -0.3 is 15.2 Å². The zero-order valence-electron chi connectivity index (χ0n) is 11.6. The van der Waals surface area contributed by atoms with Crippen molar-refractivity contribution in [2.45, 2.75) is 37.8 Å². The van der Waals surface area contributed by atoms with E-state index in [9.17, 15) is 15.2 Å². The van der Waals surface area contributed by atoms with Crippen molar-refractivity contribution in [2.75, 3.05) is 13.7 Å². The van der Waals surface area contributed by atoms with Gasteiger partial charge in [-0.1, -0.05) is 18.9 Å². The van der Waals surface area contributed by atoms with Crippen LogP contribution in [0, 0.1) is 10.1 Å². The van der Waals surface area contributed by atoms with E-state index in [4.69, 9.17) is 4.74 Å². The van der Waals surface area contributed by atoms with Crippen molar-refractivity contribution in [1.29, 1.82) is 0 Å². The van der Waals surface area contributed by atoms with Crippen LogP contribution in [0.15, 0.2) is 18.2 Å². The van der Waals surface area contributed by atoms with Crippen LogP contribution in [0.5, 0.6) is 5.75 Å². The summed E-state index contributed by atoms with van der Waals surface area (Å²) in [5, 5.41) is 23.8. The van der Waals surface area contributed by atoms with Crippen molar-refractivity contribution >= 4 is 5.69 Å². The molecule has 0 aliphatic heterocycles. The molecule has 6 nitrogen and oxygen atoms in total. The van der Waals surface area contributed by atoms with E-state index in [0.717, 1.165) is 31.2 Å². The number of nitrogens with zero attached hydrogens (tertiary/aromatic N) is 1. The number of methoxy groups -OCH3 is 1. The van der Waals surface area contributed by atoms with Crippen LogP contribution in [0.4, 0.5) is 5.69 Å². The Bertz CT molecular complexity index is 484. The molecule has 1 saturated carbocycles. The van der Waals surface area contributed by atoms with Crippen LogP contribution in [0.1, 0.15) is 31.2 Å². The zero-order chi connectivity index (χ0) is 14.6. The monoisotopic (exact) mass is 280 g/mol. The lowest BCUT2D eigenvalue weighted by Crippen LogP contribution is -2.45. The van der Waals surface area contributed by atoms with Crippen molar-refractivity contribution in [2.24, 2.45) is 0 Å². The summed E-state index contributed by atoms with van der Waals surface area (Å²) in [7, 11) is 1.42. The molecule has 0 aromatic heterocycles. The van der Waals surface area contributed by atoms with Gasteiger partial charge in [0.2, 0.25) is 0 Å². The third-order valence-electron chi connectivity index (χ3n) is 3.97. The van der Waals surface area contributed by atoms with Crippen LogP contribution >= 0.6 is 0 Å². The molecule has 110 valence electrons. The number of nitro groups is 1. The number of hydrogen-bond donors (Lipinski definition) is 2. The molecule has 20 heavy (non-hydrogen) atoms. The number of rotatable bonds is 6. The molecule has 0 spiro atoms. The Kier molecular flexibility index (Phi) is 4.57. The Hall–Kier alpha value is -1.66. The molecule has 0 bridgehead atoms. The molecule has 6 heteroatoms. The normalized spacial score (nSPS) is 17.1. The SMILES string of the molecule is COc1cc(CNC2(CO)CCCC2)ccc1[N+](=O)[O-]. The van der Waals surface area contributed by atoms with Crippen molar-refractivity contribution in [3.8, 4) is 5.75 Å². The second kappa shape index (κ2) is 6.19. The van der Waals surface area contributed by atoms with Crippen LogP contribution in [-0.2, 0) is 6.54 Å². The number of ether oxygens (including phenoxy) is 1. The zero-order valence-corrected chi connectivity index (χ0v) is 11.6. The molecule has 1 aliphatic rings. The standard InChI is InChI=1S/C14H20N2O4/c1-20-13-8-11(4-5-12(13)16(18)19)9-15-14(10-17)6-2-3-7-14/h4-5,8,15,17H,2-3,6-7,9-10H2,1H3. The lowest BCUT2D eigenvalue weighted by Gasteiger charge is -2.28. The van der Waals surface area contributed by atoms with E-state index < -0.39 is 4.92 Å². The van der Waals surface area contributed by atoms with Gasteiger partial charge in [-0.05, 0) is 24.5 Å². The van der Waals surface area contributed by atoms with E-state index in [1.165, 1.54) is 13.2 Å². The molecule has 0 amide bonds. The van der Waals surface area contributed by atoms with E-state index in [1.54, 1.807) is 12.1 Å². The van der Waals surface area contributed by atoms with Gasteiger partial charge in [0.1, 0.15) is 0 Å². The van der Waals surface area contributed by atoms with E-state index in [2.05, 4.69) is 5.32 Å². The smallest absolute Gasteiger partial charge is 0.310 e. The maximum absolute atomic E-state index is 10.8. The minimum atomic E-state index is -0.456. The summed E-state index contributed by atoms with van der Waals surface area (Å²) in [6, 6.07) is 4.84. The Morgan fingerprint density at radius 1 is 1.45 bits per heavy atom. The van der Waals surface area contributed by atoms with Gasteiger partial charge >= 0.3 is 5.69 Å². The summed E-state index contributed by atoms with van der Waals surface area (Å²) >= 11 is 0. The molecule has 0 saturated heterocycles.